The molecule has 2 rings (SSSR count). The van der Waals surface area contributed by atoms with Crippen molar-refractivity contribution in [1.29, 1.82) is 0 Å². The number of phenols is 1. The monoisotopic (exact) mass is 547 g/mol. The molecule has 0 aromatic heterocycles. The summed E-state index contributed by atoms with van der Waals surface area (Å²) in [7, 11) is 0. The van der Waals surface area contributed by atoms with E-state index in [2.05, 4.69) is 20.9 Å². The van der Waals surface area contributed by atoms with Gasteiger partial charge in [-0.2, -0.15) is 0 Å². The highest BCUT2D eigenvalue weighted by molar-refractivity contribution is 5.94. The van der Waals surface area contributed by atoms with Crippen molar-refractivity contribution in [3.05, 3.63) is 29.8 Å². The molecule has 0 saturated carbocycles. The van der Waals surface area contributed by atoms with E-state index >= 15 is 0 Å². The Balaban J connectivity index is 1.98. The van der Waals surface area contributed by atoms with Gasteiger partial charge in [-0.05, 0) is 49.8 Å². The fourth-order valence-electron chi connectivity index (χ4n) is 4.05. The average Bonchev–Trinajstić information content (AvgIpc) is 3.38. The van der Waals surface area contributed by atoms with Crippen molar-refractivity contribution >= 4 is 35.5 Å². The molecule has 0 bridgehead atoms. The van der Waals surface area contributed by atoms with Crippen LogP contribution in [-0.2, 0) is 30.4 Å². The lowest BCUT2D eigenvalue weighted by Gasteiger charge is -2.25. The van der Waals surface area contributed by atoms with Gasteiger partial charge in [0.25, 0.3) is 0 Å². The Morgan fingerprint density at radius 2 is 1.72 bits per heavy atom. The highest BCUT2D eigenvalue weighted by Gasteiger charge is 2.34. The van der Waals surface area contributed by atoms with E-state index in [4.69, 9.17) is 22.9 Å². The van der Waals surface area contributed by atoms with Gasteiger partial charge in [-0.15, -0.1) is 0 Å². The van der Waals surface area contributed by atoms with E-state index in [9.17, 15) is 29.1 Å². The van der Waals surface area contributed by atoms with Crippen molar-refractivity contribution in [3.8, 4) is 5.75 Å². The van der Waals surface area contributed by atoms with Crippen molar-refractivity contribution in [2.24, 2.45) is 27.9 Å². The summed E-state index contributed by atoms with van der Waals surface area (Å²) < 4.78 is 0. The van der Waals surface area contributed by atoms with Crippen molar-refractivity contribution in [3.63, 3.8) is 0 Å². The summed E-state index contributed by atoms with van der Waals surface area (Å²) in [4.78, 5) is 67.0. The van der Waals surface area contributed by atoms with Crippen molar-refractivity contribution in [1.82, 2.24) is 20.9 Å². The molecule has 3 atom stereocenters. The van der Waals surface area contributed by atoms with Crippen LogP contribution in [0, 0.1) is 0 Å². The van der Waals surface area contributed by atoms with E-state index < -0.39 is 54.2 Å². The molecule has 3 unspecified atom stereocenters. The lowest BCUT2D eigenvalue weighted by atomic mass is 10.0. The smallest absolute Gasteiger partial charge is 0.243 e. The zero-order chi connectivity index (χ0) is 28.9. The zero-order valence-corrected chi connectivity index (χ0v) is 21.6. The van der Waals surface area contributed by atoms with Gasteiger partial charge in [0.05, 0.1) is 19.1 Å². The number of amides is 5. The van der Waals surface area contributed by atoms with E-state index in [1.807, 2.05) is 0 Å². The van der Waals surface area contributed by atoms with E-state index in [0.29, 0.717) is 25.8 Å². The number of aliphatic imine (C=N–C) groups is 1. The lowest BCUT2D eigenvalue weighted by Crippen LogP contribution is -2.54. The van der Waals surface area contributed by atoms with Crippen LogP contribution >= 0.6 is 0 Å². The maximum absolute atomic E-state index is 13.0. The molecule has 0 spiro atoms. The quantitative estimate of drug-likeness (QED) is 0.0652. The molecule has 214 valence electrons. The lowest BCUT2D eigenvalue weighted by molar-refractivity contribution is -0.139. The first-order chi connectivity index (χ1) is 18.5. The number of likely N-dealkylation sites (tertiary alicyclic amines) is 1. The maximum atomic E-state index is 13.0. The van der Waals surface area contributed by atoms with Gasteiger partial charge in [-0.25, -0.2) is 0 Å². The van der Waals surface area contributed by atoms with E-state index in [1.54, 1.807) is 12.1 Å². The molecule has 1 aromatic rings. The number of hydrogen-bond donors (Lipinski definition) is 8. The number of carbonyl (C=O) groups excluding carboxylic acids is 5. The van der Waals surface area contributed by atoms with Gasteiger partial charge in [0.2, 0.25) is 29.5 Å². The fourth-order valence-corrected chi connectivity index (χ4v) is 4.05. The van der Waals surface area contributed by atoms with Gasteiger partial charge in [0.15, 0.2) is 5.96 Å². The molecule has 1 saturated heterocycles. The van der Waals surface area contributed by atoms with Crippen LogP contribution in [0.15, 0.2) is 29.3 Å². The minimum atomic E-state index is -1.03. The summed E-state index contributed by atoms with van der Waals surface area (Å²) in [6.45, 7) is -0.215. The Kier molecular flexibility index (Phi) is 11.9. The number of nitrogens with two attached hydrogens (primary N) is 4. The third-order valence-electron chi connectivity index (χ3n) is 6.03. The van der Waals surface area contributed by atoms with Crippen molar-refractivity contribution in [2.75, 3.05) is 26.2 Å². The summed E-state index contributed by atoms with van der Waals surface area (Å²) in [6.07, 6.45) is 1.67. The van der Waals surface area contributed by atoms with E-state index in [1.165, 1.54) is 17.0 Å². The molecule has 1 heterocycles. The standard InChI is InChI=1S/C24H37N9O6/c25-16(11-14-5-7-15(34)8-6-14)21(37)32-17(3-1-9-29-24(27)28)22(38)31-13-20(36)33-10-2-4-18(33)23(39)30-12-19(26)35/h5-8,16-18,34H,1-4,9-13,25H2,(H2,26,35)(H,30,39)(H,31,38)(H,32,37)(H4,27,28,29). The average molecular weight is 548 g/mol. The number of benzene rings is 1. The largest absolute Gasteiger partial charge is 0.508 e. The van der Waals surface area contributed by atoms with Crippen LogP contribution < -0.4 is 38.9 Å². The normalized spacial score (nSPS) is 16.0. The molecule has 12 N–H and O–H groups in total. The second-order valence-corrected chi connectivity index (χ2v) is 9.13. The Morgan fingerprint density at radius 1 is 1.03 bits per heavy atom. The second-order valence-electron chi connectivity index (χ2n) is 9.13. The Labute approximate surface area is 225 Å². The van der Waals surface area contributed by atoms with Crippen LogP contribution in [0.3, 0.4) is 0 Å². The molecule has 1 aliphatic rings. The van der Waals surface area contributed by atoms with Crippen LogP contribution in [0.25, 0.3) is 0 Å². The van der Waals surface area contributed by atoms with Crippen molar-refractivity contribution in [2.45, 2.75) is 50.2 Å². The number of phenolic OH excluding ortho intramolecular Hbond substituents is 1. The predicted molar refractivity (Wildman–Crippen MR) is 142 cm³/mol. The van der Waals surface area contributed by atoms with Gasteiger partial charge in [0, 0.05) is 13.1 Å². The van der Waals surface area contributed by atoms with E-state index in [0.717, 1.165) is 5.56 Å². The van der Waals surface area contributed by atoms with Crippen molar-refractivity contribution < 1.29 is 29.1 Å². The zero-order valence-electron chi connectivity index (χ0n) is 21.6. The Hall–Kier alpha value is -4.40. The fraction of sp³-hybridized carbons (Fsp3) is 0.500. The predicted octanol–water partition coefficient (Wildman–Crippen LogP) is -3.49. The molecule has 15 heteroatoms. The maximum Gasteiger partial charge on any atom is 0.243 e. The minimum Gasteiger partial charge on any atom is -0.508 e. The van der Waals surface area contributed by atoms with Crippen LogP contribution in [0.5, 0.6) is 5.75 Å². The number of carbonyl (C=O) groups is 5. The molecule has 0 aliphatic carbocycles. The first-order valence-corrected chi connectivity index (χ1v) is 12.5. The van der Waals surface area contributed by atoms with Gasteiger partial charge in [-0.3, -0.25) is 29.0 Å². The van der Waals surface area contributed by atoms with Gasteiger partial charge in [-0.1, -0.05) is 12.1 Å². The van der Waals surface area contributed by atoms with Gasteiger partial charge in [0.1, 0.15) is 17.8 Å². The number of nitrogens with zero attached hydrogens (tertiary/aromatic N) is 2. The van der Waals surface area contributed by atoms with Crippen LogP contribution in [-0.4, -0.2) is 89.8 Å². The molecule has 1 aromatic carbocycles. The second kappa shape index (κ2) is 15.1. The summed E-state index contributed by atoms with van der Waals surface area (Å²) in [5.74, 6) is -2.93. The molecular weight excluding hydrogens is 510 g/mol. The molecule has 1 aliphatic heterocycles. The number of nitrogens with one attached hydrogen (secondary N) is 3. The minimum absolute atomic E-state index is 0.0790. The first kappa shape index (κ1) is 30.8. The van der Waals surface area contributed by atoms with E-state index in [-0.39, 0.29) is 37.6 Å². The summed E-state index contributed by atoms with van der Waals surface area (Å²) in [5, 5.41) is 16.9. The third kappa shape index (κ3) is 10.5. The number of aromatic hydroxyl groups is 1. The molecule has 5 amide bonds. The number of guanidine groups is 1. The first-order valence-electron chi connectivity index (χ1n) is 12.5. The molecular formula is C24H37N9O6. The number of hydrogen-bond acceptors (Lipinski definition) is 8. The van der Waals surface area contributed by atoms with Gasteiger partial charge >= 0.3 is 0 Å². The SMILES string of the molecule is NC(=O)CNC(=O)C1CCCN1C(=O)CNC(=O)C(CCCN=C(N)N)NC(=O)C(N)Cc1ccc(O)cc1. The Bertz CT molecular complexity index is 1060. The molecule has 39 heavy (non-hydrogen) atoms. The van der Waals surface area contributed by atoms with Crippen LogP contribution in [0.2, 0.25) is 0 Å². The highest BCUT2D eigenvalue weighted by Crippen LogP contribution is 2.17. The number of rotatable bonds is 14. The van der Waals surface area contributed by atoms with Crippen LogP contribution in [0.1, 0.15) is 31.2 Å². The summed E-state index contributed by atoms with van der Waals surface area (Å²) in [5.41, 5.74) is 22.5. The summed E-state index contributed by atoms with van der Waals surface area (Å²) in [6, 6.07) is 3.43. The molecule has 1 fully saturated rings. The topological polar surface area (TPSA) is 261 Å². The molecule has 15 nitrogen and oxygen atoms in total. The number of primary amides is 1. The highest BCUT2D eigenvalue weighted by atomic mass is 16.3. The van der Waals surface area contributed by atoms with Gasteiger partial charge < -0.3 is 48.9 Å². The Morgan fingerprint density at radius 3 is 2.36 bits per heavy atom. The van der Waals surface area contributed by atoms with Crippen LogP contribution in [0.4, 0.5) is 0 Å². The summed E-state index contributed by atoms with van der Waals surface area (Å²) >= 11 is 0. The third-order valence-corrected chi connectivity index (χ3v) is 6.03. The molecule has 0 radical (unpaired) electrons.